The van der Waals surface area contributed by atoms with E-state index in [1.807, 2.05) is 32.0 Å². The summed E-state index contributed by atoms with van der Waals surface area (Å²) in [6.45, 7) is 5.68. The lowest BCUT2D eigenvalue weighted by Gasteiger charge is -2.35. The minimum Gasteiger partial charge on any atom is -0.338 e. The Morgan fingerprint density at radius 3 is 2.48 bits per heavy atom. The number of likely N-dealkylation sites (tertiary alicyclic amines) is 1. The first-order valence-electron chi connectivity index (χ1n) is 8.95. The Balaban J connectivity index is 1.69. The number of amides is 2. The number of benzene rings is 1. The van der Waals surface area contributed by atoms with E-state index in [0.29, 0.717) is 31.6 Å². The second-order valence-corrected chi connectivity index (χ2v) is 7.17. The molecule has 134 valence electrons. The number of nitrogens with zero attached hydrogens (tertiary/aromatic N) is 2. The largest absolute Gasteiger partial charge is 0.338 e. The number of aryl methyl sites for hydroxylation is 2. The van der Waals surface area contributed by atoms with Gasteiger partial charge in [-0.3, -0.25) is 9.59 Å². The maximum absolute atomic E-state index is 13.5. The summed E-state index contributed by atoms with van der Waals surface area (Å²) >= 11 is 0. The van der Waals surface area contributed by atoms with Crippen molar-refractivity contribution in [3.05, 3.63) is 46.8 Å². The Kier molecular flexibility index (Phi) is 5.21. The average molecular weight is 344 g/mol. The van der Waals surface area contributed by atoms with Crippen molar-refractivity contribution in [1.82, 2.24) is 9.80 Å². The van der Waals surface area contributed by atoms with E-state index in [1.54, 1.807) is 15.9 Å². The van der Waals surface area contributed by atoms with E-state index in [0.717, 1.165) is 24.0 Å². The molecule has 1 fully saturated rings. The van der Waals surface area contributed by atoms with Crippen LogP contribution in [0.25, 0.3) is 0 Å². The molecular formula is C20H25FN2O2. The second-order valence-electron chi connectivity index (χ2n) is 7.17. The van der Waals surface area contributed by atoms with Crippen LogP contribution >= 0.6 is 0 Å². The molecule has 1 atom stereocenters. The molecule has 2 amide bonds. The van der Waals surface area contributed by atoms with Gasteiger partial charge in [0.05, 0.1) is 12.5 Å². The fourth-order valence-corrected chi connectivity index (χ4v) is 3.79. The molecule has 0 N–H and O–H groups in total. The lowest BCUT2D eigenvalue weighted by molar-refractivity contribution is -0.137. The van der Waals surface area contributed by atoms with Crippen molar-refractivity contribution in [2.45, 2.75) is 33.1 Å². The zero-order chi connectivity index (χ0) is 18.0. The van der Waals surface area contributed by atoms with Crippen LogP contribution in [0, 0.1) is 19.8 Å². The highest BCUT2D eigenvalue weighted by molar-refractivity contribution is 5.95. The van der Waals surface area contributed by atoms with Gasteiger partial charge in [-0.05, 0) is 51.3 Å². The van der Waals surface area contributed by atoms with Crippen molar-refractivity contribution in [1.29, 1.82) is 0 Å². The predicted octanol–water partition coefficient (Wildman–Crippen LogP) is 3.24. The molecule has 0 spiro atoms. The first-order valence-corrected chi connectivity index (χ1v) is 8.95. The number of carbonyl (C=O) groups excluding carboxylic acids is 2. The Morgan fingerprint density at radius 1 is 1.08 bits per heavy atom. The Labute approximate surface area is 148 Å². The van der Waals surface area contributed by atoms with Crippen LogP contribution in [0.1, 0.15) is 40.7 Å². The number of piperidine rings is 1. The smallest absolute Gasteiger partial charge is 0.253 e. The van der Waals surface area contributed by atoms with Gasteiger partial charge in [-0.15, -0.1) is 0 Å². The topological polar surface area (TPSA) is 40.6 Å². The molecule has 2 heterocycles. The van der Waals surface area contributed by atoms with Crippen molar-refractivity contribution in [3.8, 4) is 0 Å². The van der Waals surface area contributed by atoms with E-state index >= 15 is 0 Å². The summed E-state index contributed by atoms with van der Waals surface area (Å²) in [6.07, 6.45) is 3.67. The Hall–Kier alpha value is -2.17. The lowest BCUT2D eigenvalue weighted by Crippen LogP contribution is -2.47. The van der Waals surface area contributed by atoms with Crippen molar-refractivity contribution < 1.29 is 14.0 Å². The molecule has 25 heavy (non-hydrogen) atoms. The quantitative estimate of drug-likeness (QED) is 0.826. The van der Waals surface area contributed by atoms with Crippen LogP contribution in [0.5, 0.6) is 0 Å². The molecule has 2 aliphatic heterocycles. The standard InChI is InChI=1S/C20H25FN2O2/c1-14-9-15(2)11-17(10-14)20(25)22-7-3-5-16(12-22)19(24)23-8-4-6-18(21)13-23/h6,9-11,16H,3-5,7-8,12-13H2,1-2H3/t16-/m0/s1. The normalized spacial score (nSPS) is 21.1. The summed E-state index contributed by atoms with van der Waals surface area (Å²) in [6, 6.07) is 5.83. The molecule has 0 radical (unpaired) electrons. The van der Waals surface area contributed by atoms with Crippen molar-refractivity contribution in [3.63, 3.8) is 0 Å². The van der Waals surface area contributed by atoms with Gasteiger partial charge in [0.2, 0.25) is 5.91 Å². The van der Waals surface area contributed by atoms with E-state index in [4.69, 9.17) is 0 Å². The van der Waals surface area contributed by atoms with Crippen molar-refractivity contribution in [2.24, 2.45) is 5.92 Å². The van der Waals surface area contributed by atoms with Gasteiger partial charge in [-0.1, -0.05) is 17.2 Å². The van der Waals surface area contributed by atoms with Crippen molar-refractivity contribution in [2.75, 3.05) is 26.2 Å². The zero-order valence-corrected chi connectivity index (χ0v) is 14.9. The third kappa shape index (κ3) is 4.09. The highest BCUT2D eigenvalue weighted by atomic mass is 19.1. The summed E-state index contributed by atoms with van der Waals surface area (Å²) in [5.41, 5.74) is 2.80. The van der Waals surface area contributed by atoms with E-state index < -0.39 is 0 Å². The third-order valence-corrected chi connectivity index (χ3v) is 4.94. The molecule has 0 aromatic heterocycles. The molecule has 1 aromatic carbocycles. The average Bonchev–Trinajstić information content (AvgIpc) is 2.59. The molecule has 1 saturated heterocycles. The number of halogens is 1. The number of hydrogen-bond acceptors (Lipinski definition) is 2. The van der Waals surface area contributed by atoms with Gasteiger partial charge in [-0.2, -0.15) is 0 Å². The maximum Gasteiger partial charge on any atom is 0.253 e. The van der Waals surface area contributed by atoms with Gasteiger partial charge in [0.1, 0.15) is 5.83 Å². The van der Waals surface area contributed by atoms with E-state index in [-0.39, 0.29) is 30.1 Å². The minimum atomic E-state index is -0.237. The van der Waals surface area contributed by atoms with Crippen LogP contribution in [-0.2, 0) is 4.79 Å². The first kappa shape index (κ1) is 17.6. The second kappa shape index (κ2) is 7.38. The molecule has 3 rings (SSSR count). The Bertz CT molecular complexity index is 693. The number of hydrogen-bond donors (Lipinski definition) is 0. The SMILES string of the molecule is Cc1cc(C)cc(C(=O)N2CCC[C@H](C(=O)N3CCC=C(F)C3)C2)c1. The fraction of sp³-hybridized carbons (Fsp3) is 0.500. The fourth-order valence-electron chi connectivity index (χ4n) is 3.79. The van der Waals surface area contributed by atoms with E-state index in [9.17, 15) is 14.0 Å². The van der Waals surface area contributed by atoms with E-state index in [2.05, 4.69) is 0 Å². The molecule has 0 unspecified atom stereocenters. The highest BCUT2D eigenvalue weighted by Crippen LogP contribution is 2.23. The van der Waals surface area contributed by atoms with Gasteiger partial charge in [0.15, 0.2) is 0 Å². The van der Waals surface area contributed by atoms with Gasteiger partial charge >= 0.3 is 0 Å². The van der Waals surface area contributed by atoms with Crippen LogP contribution in [0.15, 0.2) is 30.1 Å². The minimum absolute atomic E-state index is 0.0194. The molecule has 0 aliphatic carbocycles. The number of carbonyl (C=O) groups is 2. The van der Waals surface area contributed by atoms with Gasteiger partial charge < -0.3 is 9.80 Å². The molecule has 1 aromatic rings. The Morgan fingerprint density at radius 2 is 1.80 bits per heavy atom. The molecular weight excluding hydrogens is 319 g/mol. The first-order chi connectivity index (χ1) is 11.9. The highest BCUT2D eigenvalue weighted by Gasteiger charge is 2.32. The van der Waals surface area contributed by atoms with E-state index in [1.165, 1.54) is 0 Å². The summed E-state index contributed by atoms with van der Waals surface area (Å²) in [7, 11) is 0. The summed E-state index contributed by atoms with van der Waals surface area (Å²) in [5, 5.41) is 0. The molecule has 4 nitrogen and oxygen atoms in total. The molecule has 2 aliphatic rings. The van der Waals surface area contributed by atoms with Crippen LogP contribution in [-0.4, -0.2) is 47.8 Å². The van der Waals surface area contributed by atoms with Gasteiger partial charge in [0, 0.05) is 25.2 Å². The summed E-state index contributed by atoms with van der Waals surface area (Å²) in [4.78, 5) is 28.9. The maximum atomic E-state index is 13.5. The lowest BCUT2D eigenvalue weighted by atomic mass is 9.95. The molecule has 5 heteroatoms. The van der Waals surface area contributed by atoms with Gasteiger partial charge in [0.25, 0.3) is 5.91 Å². The zero-order valence-electron chi connectivity index (χ0n) is 14.9. The van der Waals surface area contributed by atoms with Crippen LogP contribution < -0.4 is 0 Å². The van der Waals surface area contributed by atoms with Crippen LogP contribution in [0.3, 0.4) is 0 Å². The number of rotatable bonds is 2. The monoisotopic (exact) mass is 344 g/mol. The molecule has 0 saturated carbocycles. The van der Waals surface area contributed by atoms with Gasteiger partial charge in [-0.25, -0.2) is 4.39 Å². The predicted molar refractivity (Wildman–Crippen MR) is 94.9 cm³/mol. The molecule has 0 bridgehead atoms. The van der Waals surface area contributed by atoms with Crippen molar-refractivity contribution >= 4 is 11.8 Å². The van der Waals surface area contributed by atoms with Crippen LogP contribution in [0.2, 0.25) is 0 Å². The van der Waals surface area contributed by atoms with Crippen LogP contribution in [0.4, 0.5) is 4.39 Å². The summed E-state index contributed by atoms with van der Waals surface area (Å²) < 4.78 is 13.5. The summed E-state index contributed by atoms with van der Waals surface area (Å²) in [5.74, 6) is -0.511. The third-order valence-electron chi connectivity index (χ3n) is 4.94.